The summed E-state index contributed by atoms with van der Waals surface area (Å²) >= 11 is 0. The van der Waals surface area contributed by atoms with Gasteiger partial charge in [0.2, 0.25) is 0 Å². The largest absolute Gasteiger partial charge is 0.481 e. The molecule has 0 aliphatic carbocycles. The molecule has 1 aliphatic rings. The number of pyridine rings is 1. The number of rotatable bonds is 3. The fourth-order valence-corrected chi connectivity index (χ4v) is 2.43. The summed E-state index contributed by atoms with van der Waals surface area (Å²) in [6, 6.07) is 3.70. The number of nitrogens with zero attached hydrogens (tertiary/aromatic N) is 2. The standard InChI is InChI=1S/C14H18N2O3/c1-2-10-5-3-7-15-12(10)13(17)16-8-4-6-11(9-16)14(18)19/h3,5,7,11H,2,4,6,8-9H2,1H3,(H,18,19). The van der Waals surface area contributed by atoms with Gasteiger partial charge in [-0.1, -0.05) is 13.0 Å². The molecule has 1 atom stereocenters. The van der Waals surface area contributed by atoms with Gasteiger partial charge in [-0.2, -0.15) is 0 Å². The monoisotopic (exact) mass is 262 g/mol. The first kappa shape index (κ1) is 13.5. The van der Waals surface area contributed by atoms with Gasteiger partial charge in [-0.25, -0.2) is 0 Å². The molecule has 2 rings (SSSR count). The van der Waals surface area contributed by atoms with Crippen LogP contribution in [0, 0.1) is 5.92 Å². The van der Waals surface area contributed by atoms with Gasteiger partial charge >= 0.3 is 5.97 Å². The van der Waals surface area contributed by atoms with Gasteiger partial charge < -0.3 is 10.0 Å². The Kier molecular flexibility index (Phi) is 4.14. The van der Waals surface area contributed by atoms with Crippen LogP contribution in [-0.2, 0) is 11.2 Å². The summed E-state index contributed by atoms with van der Waals surface area (Å²) in [5.41, 5.74) is 1.36. The van der Waals surface area contributed by atoms with Crippen LogP contribution in [0.4, 0.5) is 0 Å². The molecule has 1 amide bonds. The predicted molar refractivity (Wildman–Crippen MR) is 69.9 cm³/mol. The molecule has 0 bridgehead atoms. The highest BCUT2D eigenvalue weighted by atomic mass is 16.4. The molecule has 0 saturated carbocycles. The van der Waals surface area contributed by atoms with Crippen molar-refractivity contribution in [3.05, 3.63) is 29.6 Å². The van der Waals surface area contributed by atoms with E-state index >= 15 is 0 Å². The Morgan fingerprint density at radius 2 is 2.32 bits per heavy atom. The van der Waals surface area contributed by atoms with Crippen molar-refractivity contribution in [2.45, 2.75) is 26.2 Å². The average molecular weight is 262 g/mol. The molecular weight excluding hydrogens is 244 g/mol. The van der Waals surface area contributed by atoms with Crippen molar-refractivity contribution in [1.29, 1.82) is 0 Å². The Balaban J connectivity index is 2.17. The van der Waals surface area contributed by atoms with Crippen LogP contribution in [-0.4, -0.2) is 40.0 Å². The second-order valence-corrected chi connectivity index (χ2v) is 4.79. The molecule has 1 aromatic rings. The van der Waals surface area contributed by atoms with Gasteiger partial charge in [0.25, 0.3) is 5.91 Å². The van der Waals surface area contributed by atoms with Crippen molar-refractivity contribution in [2.75, 3.05) is 13.1 Å². The molecule has 1 saturated heterocycles. The van der Waals surface area contributed by atoms with Crippen molar-refractivity contribution >= 4 is 11.9 Å². The topological polar surface area (TPSA) is 70.5 Å². The molecule has 5 heteroatoms. The maximum absolute atomic E-state index is 12.4. The molecule has 19 heavy (non-hydrogen) atoms. The number of carboxylic acids is 1. The summed E-state index contributed by atoms with van der Waals surface area (Å²) in [5, 5.41) is 9.06. The summed E-state index contributed by atoms with van der Waals surface area (Å²) in [6.45, 7) is 2.88. The van der Waals surface area contributed by atoms with Crippen LogP contribution in [0.3, 0.4) is 0 Å². The molecule has 1 unspecified atom stereocenters. The third kappa shape index (κ3) is 2.92. The minimum absolute atomic E-state index is 0.150. The van der Waals surface area contributed by atoms with Crippen LogP contribution in [0.15, 0.2) is 18.3 Å². The Bertz CT molecular complexity index is 487. The van der Waals surface area contributed by atoms with E-state index in [1.807, 2.05) is 19.1 Å². The van der Waals surface area contributed by atoms with Gasteiger partial charge in [0.05, 0.1) is 5.92 Å². The Labute approximate surface area is 112 Å². The first-order chi connectivity index (χ1) is 9.13. The van der Waals surface area contributed by atoms with Crippen molar-refractivity contribution < 1.29 is 14.7 Å². The van der Waals surface area contributed by atoms with E-state index < -0.39 is 11.9 Å². The maximum atomic E-state index is 12.4. The highest BCUT2D eigenvalue weighted by Gasteiger charge is 2.29. The normalized spacial score (nSPS) is 19.2. The van der Waals surface area contributed by atoms with Gasteiger partial charge in [-0.15, -0.1) is 0 Å². The van der Waals surface area contributed by atoms with Gasteiger partial charge in [-0.05, 0) is 30.9 Å². The Morgan fingerprint density at radius 1 is 1.53 bits per heavy atom. The zero-order valence-electron chi connectivity index (χ0n) is 11.0. The first-order valence-corrected chi connectivity index (χ1v) is 6.59. The lowest BCUT2D eigenvalue weighted by Gasteiger charge is -2.30. The minimum atomic E-state index is -0.825. The molecule has 1 N–H and O–H groups in total. The number of likely N-dealkylation sites (tertiary alicyclic amines) is 1. The molecule has 1 aliphatic heterocycles. The number of carbonyl (C=O) groups is 2. The van der Waals surface area contributed by atoms with E-state index in [-0.39, 0.29) is 12.5 Å². The molecule has 1 fully saturated rings. The van der Waals surface area contributed by atoms with E-state index in [2.05, 4.69) is 4.98 Å². The highest BCUT2D eigenvalue weighted by molar-refractivity contribution is 5.94. The number of carbonyl (C=O) groups excluding carboxylic acids is 1. The van der Waals surface area contributed by atoms with Crippen LogP contribution in [0.25, 0.3) is 0 Å². The number of amides is 1. The van der Waals surface area contributed by atoms with E-state index in [9.17, 15) is 9.59 Å². The summed E-state index contributed by atoms with van der Waals surface area (Å²) in [5.74, 6) is -1.43. The van der Waals surface area contributed by atoms with E-state index in [4.69, 9.17) is 5.11 Å². The summed E-state index contributed by atoms with van der Waals surface area (Å²) in [6.07, 6.45) is 3.72. The van der Waals surface area contributed by atoms with Gasteiger partial charge in [0, 0.05) is 19.3 Å². The zero-order chi connectivity index (χ0) is 13.8. The molecule has 102 valence electrons. The number of aromatic nitrogens is 1. The number of aliphatic carboxylic acids is 1. The summed E-state index contributed by atoms with van der Waals surface area (Å²) in [4.78, 5) is 29.2. The van der Waals surface area contributed by atoms with Crippen molar-refractivity contribution in [1.82, 2.24) is 9.88 Å². The smallest absolute Gasteiger partial charge is 0.308 e. The quantitative estimate of drug-likeness (QED) is 0.897. The lowest BCUT2D eigenvalue weighted by atomic mass is 9.97. The van der Waals surface area contributed by atoms with Crippen LogP contribution in [0.5, 0.6) is 0 Å². The van der Waals surface area contributed by atoms with Crippen LogP contribution >= 0.6 is 0 Å². The van der Waals surface area contributed by atoms with E-state index in [0.29, 0.717) is 18.7 Å². The van der Waals surface area contributed by atoms with Crippen LogP contribution < -0.4 is 0 Å². The lowest BCUT2D eigenvalue weighted by Crippen LogP contribution is -2.42. The number of aryl methyl sites for hydroxylation is 1. The number of hydrogen-bond donors (Lipinski definition) is 1. The predicted octanol–water partition coefficient (Wildman–Crippen LogP) is 1.58. The van der Waals surface area contributed by atoms with Gasteiger partial charge in [0.1, 0.15) is 5.69 Å². The fourth-order valence-electron chi connectivity index (χ4n) is 2.43. The minimum Gasteiger partial charge on any atom is -0.481 e. The molecule has 5 nitrogen and oxygen atoms in total. The number of carboxylic acid groups (broad SMARTS) is 1. The first-order valence-electron chi connectivity index (χ1n) is 6.59. The highest BCUT2D eigenvalue weighted by Crippen LogP contribution is 2.19. The molecule has 0 radical (unpaired) electrons. The zero-order valence-corrected chi connectivity index (χ0v) is 11.0. The summed E-state index contributed by atoms with van der Waals surface area (Å²) in [7, 11) is 0. The molecule has 1 aromatic heterocycles. The van der Waals surface area contributed by atoms with E-state index in [0.717, 1.165) is 18.4 Å². The third-order valence-corrected chi connectivity index (χ3v) is 3.53. The van der Waals surface area contributed by atoms with Gasteiger partial charge in [0.15, 0.2) is 0 Å². The van der Waals surface area contributed by atoms with E-state index in [1.54, 1.807) is 11.1 Å². The molecular formula is C14H18N2O3. The second kappa shape index (κ2) is 5.82. The van der Waals surface area contributed by atoms with Crippen molar-refractivity contribution in [3.8, 4) is 0 Å². The lowest BCUT2D eigenvalue weighted by molar-refractivity contribution is -0.143. The summed E-state index contributed by atoms with van der Waals surface area (Å²) < 4.78 is 0. The molecule has 0 spiro atoms. The van der Waals surface area contributed by atoms with Gasteiger partial charge in [-0.3, -0.25) is 14.6 Å². The SMILES string of the molecule is CCc1cccnc1C(=O)N1CCCC(C(=O)O)C1. The van der Waals surface area contributed by atoms with Crippen molar-refractivity contribution in [3.63, 3.8) is 0 Å². The van der Waals surface area contributed by atoms with Crippen LogP contribution in [0.2, 0.25) is 0 Å². The van der Waals surface area contributed by atoms with E-state index in [1.165, 1.54) is 0 Å². The second-order valence-electron chi connectivity index (χ2n) is 4.79. The molecule has 0 aromatic carbocycles. The number of piperidine rings is 1. The average Bonchev–Trinajstić information content (AvgIpc) is 2.46. The third-order valence-electron chi connectivity index (χ3n) is 3.53. The Morgan fingerprint density at radius 3 is 3.00 bits per heavy atom. The maximum Gasteiger partial charge on any atom is 0.308 e. The Hall–Kier alpha value is -1.91. The van der Waals surface area contributed by atoms with Crippen LogP contribution in [0.1, 0.15) is 35.8 Å². The fraction of sp³-hybridized carbons (Fsp3) is 0.500. The van der Waals surface area contributed by atoms with Crippen molar-refractivity contribution in [2.24, 2.45) is 5.92 Å². The molecule has 2 heterocycles. The number of hydrogen-bond acceptors (Lipinski definition) is 3.